The molecule has 2 aromatic carbocycles. The molecule has 0 fully saturated rings. The molecule has 35 heavy (non-hydrogen) atoms. The molecule has 0 radical (unpaired) electrons. The van der Waals surface area contributed by atoms with Crippen LogP contribution < -0.4 is 21.4 Å². The van der Waals surface area contributed by atoms with Gasteiger partial charge in [-0.25, -0.2) is 14.6 Å². The summed E-state index contributed by atoms with van der Waals surface area (Å²) in [6, 6.07) is 13.1. The van der Waals surface area contributed by atoms with Gasteiger partial charge in [-0.05, 0) is 36.8 Å². The fraction of sp³-hybridized carbons (Fsp3) is 0.250. The molecule has 0 saturated carbocycles. The average Bonchev–Trinajstić information content (AvgIpc) is 3.20. The summed E-state index contributed by atoms with van der Waals surface area (Å²) in [7, 11) is 2.88. The SMILES string of the molecule is Cc1ccc(OCC(O)Cn2c(NN=Cc3ccc(F)cc3)nc3c2c(=O)n(C)c(=O)n3C)cc1. The van der Waals surface area contributed by atoms with Crippen molar-refractivity contribution in [3.8, 4) is 5.75 Å². The van der Waals surface area contributed by atoms with Crippen molar-refractivity contribution in [3.05, 3.63) is 86.3 Å². The number of rotatable bonds is 8. The molecule has 2 aromatic heterocycles. The quantitative estimate of drug-likeness (QED) is 0.293. The van der Waals surface area contributed by atoms with E-state index in [9.17, 15) is 19.1 Å². The van der Waals surface area contributed by atoms with E-state index in [0.717, 1.165) is 10.1 Å². The summed E-state index contributed by atoms with van der Waals surface area (Å²) in [4.78, 5) is 29.7. The summed E-state index contributed by atoms with van der Waals surface area (Å²) in [6.45, 7) is 1.88. The van der Waals surface area contributed by atoms with Crippen LogP contribution in [-0.2, 0) is 20.6 Å². The molecule has 182 valence electrons. The number of nitrogens with zero attached hydrogens (tertiary/aromatic N) is 5. The largest absolute Gasteiger partial charge is 0.491 e. The molecule has 10 nitrogen and oxygen atoms in total. The number of hydrogen-bond acceptors (Lipinski definition) is 7. The van der Waals surface area contributed by atoms with Crippen LogP contribution in [0.4, 0.5) is 10.3 Å². The van der Waals surface area contributed by atoms with Crippen LogP contribution >= 0.6 is 0 Å². The minimum Gasteiger partial charge on any atom is -0.491 e. The lowest BCUT2D eigenvalue weighted by Crippen LogP contribution is -2.38. The number of nitrogens with one attached hydrogen (secondary N) is 1. The summed E-state index contributed by atoms with van der Waals surface area (Å²) in [5.41, 5.74) is 3.66. The van der Waals surface area contributed by atoms with Crippen molar-refractivity contribution in [2.45, 2.75) is 19.6 Å². The van der Waals surface area contributed by atoms with Gasteiger partial charge in [0, 0.05) is 14.1 Å². The highest BCUT2D eigenvalue weighted by molar-refractivity contribution is 5.80. The van der Waals surface area contributed by atoms with E-state index in [1.54, 1.807) is 24.3 Å². The van der Waals surface area contributed by atoms with Crippen molar-refractivity contribution in [2.24, 2.45) is 19.2 Å². The van der Waals surface area contributed by atoms with Gasteiger partial charge in [-0.1, -0.05) is 29.8 Å². The second-order valence-corrected chi connectivity index (χ2v) is 8.12. The number of imidazole rings is 1. The molecule has 4 rings (SSSR count). The van der Waals surface area contributed by atoms with Gasteiger partial charge in [0.1, 0.15) is 24.3 Å². The summed E-state index contributed by atoms with van der Waals surface area (Å²) in [5, 5.41) is 14.8. The molecule has 0 amide bonds. The number of ether oxygens (including phenoxy) is 1. The minimum atomic E-state index is -1.00. The van der Waals surface area contributed by atoms with Gasteiger partial charge in [0.2, 0.25) is 5.95 Å². The molecule has 2 heterocycles. The third-order valence-corrected chi connectivity index (χ3v) is 5.45. The van der Waals surface area contributed by atoms with Crippen LogP contribution in [0.5, 0.6) is 5.75 Å². The van der Waals surface area contributed by atoms with Crippen LogP contribution in [0.1, 0.15) is 11.1 Å². The summed E-state index contributed by atoms with van der Waals surface area (Å²) >= 11 is 0. The zero-order valence-corrected chi connectivity index (χ0v) is 19.5. The number of hydrogen-bond donors (Lipinski definition) is 2. The summed E-state index contributed by atoms with van der Waals surface area (Å²) < 4.78 is 22.5. The zero-order chi connectivity index (χ0) is 25.1. The predicted octanol–water partition coefficient (Wildman–Crippen LogP) is 1.77. The topological polar surface area (TPSA) is 116 Å². The highest BCUT2D eigenvalue weighted by atomic mass is 19.1. The van der Waals surface area contributed by atoms with E-state index in [1.807, 2.05) is 19.1 Å². The number of anilines is 1. The third-order valence-electron chi connectivity index (χ3n) is 5.45. The standard InChI is InChI=1S/C24H25FN6O4/c1-15-4-10-19(11-5-15)35-14-18(32)13-31-20-21(29(2)24(34)30(3)22(20)33)27-23(31)28-26-12-16-6-8-17(25)9-7-16/h4-12,18,32H,13-14H2,1-3H3,(H,27,28). The summed E-state index contributed by atoms with van der Waals surface area (Å²) in [5.74, 6) is 0.382. The Morgan fingerprint density at radius 3 is 2.49 bits per heavy atom. The van der Waals surface area contributed by atoms with E-state index in [1.165, 1.54) is 41.6 Å². The van der Waals surface area contributed by atoms with Gasteiger partial charge in [-0.15, -0.1) is 0 Å². The van der Waals surface area contributed by atoms with Crippen molar-refractivity contribution in [3.63, 3.8) is 0 Å². The van der Waals surface area contributed by atoms with Crippen LogP contribution in [-0.4, -0.2) is 42.7 Å². The first-order valence-corrected chi connectivity index (χ1v) is 10.8. The number of aromatic nitrogens is 4. The molecule has 0 aliphatic rings. The molecule has 2 N–H and O–H groups in total. The second-order valence-electron chi connectivity index (χ2n) is 8.12. The minimum absolute atomic E-state index is 0.0346. The van der Waals surface area contributed by atoms with Gasteiger partial charge >= 0.3 is 5.69 Å². The van der Waals surface area contributed by atoms with E-state index < -0.39 is 17.4 Å². The maximum absolute atomic E-state index is 13.1. The van der Waals surface area contributed by atoms with E-state index in [0.29, 0.717) is 11.3 Å². The van der Waals surface area contributed by atoms with Crippen molar-refractivity contribution >= 4 is 23.3 Å². The van der Waals surface area contributed by atoms with E-state index >= 15 is 0 Å². The van der Waals surface area contributed by atoms with Crippen LogP contribution in [0, 0.1) is 12.7 Å². The van der Waals surface area contributed by atoms with E-state index in [4.69, 9.17) is 4.74 Å². The Kier molecular flexibility index (Phi) is 6.78. The molecular weight excluding hydrogens is 455 g/mol. The number of fused-ring (bicyclic) bond motifs is 1. The smallest absolute Gasteiger partial charge is 0.332 e. The Bertz CT molecular complexity index is 1490. The number of aryl methyl sites for hydroxylation is 2. The van der Waals surface area contributed by atoms with Crippen LogP contribution in [0.3, 0.4) is 0 Å². The molecule has 0 aliphatic carbocycles. The third kappa shape index (κ3) is 5.14. The van der Waals surface area contributed by atoms with Gasteiger partial charge in [0.25, 0.3) is 5.56 Å². The second kappa shape index (κ2) is 9.94. The highest BCUT2D eigenvalue weighted by Gasteiger charge is 2.21. The zero-order valence-electron chi connectivity index (χ0n) is 19.5. The Hall–Kier alpha value is -4.25. The van der Waals surface area contributed by atoms with Gasteiger partial charge in [-0.2, -0.15) is 10.1 Å². The molecule has 11 heteroatoms. The van der Waals surface area contributed by atoms with E-state index in [-0.39, 0.29) is 36.1 Å². The lowest BCUT2D eigenvalue weighted by molar-refractivity contribution is 0.0938. The average molecular weight is 481 g/mol. The highest BCUT2D eigenvalue weighted by Crippen LogP contribution is 2.17. The van der Waals surface area contributed by atoms with Crippen molar-refractivity contribution < 1.29 is 14.2 Å². The van der Waals surface area contributed by atoms with Crippen molar-refractivity contribution in [2.75, 3.05) is 12.0 Å². The van der Waals surface area contributed by atoms with Crippen LogP contribution in [0.2, 0.25) is 0 Å². The Morgan fingerprint density at radius 1 is 1.11 bits per heavy atom. The number of hydrazone groups is 1. The molecule has 0 aliphatic heterocycles. The first kappa shape index (κ1) is 23.9. The molecule has 1 unspecified atom stereocenters. The van der Waals surface area contributed by atoms with Crippen molar-refractivity contribution in [1.82, 2.24) is 18.7 Å². The Morgan fingerprint density at radius 2 is 1.80 bits per heavy atom. The molecular formula is C24H25FN6O4. The monoisotopic (exact) mass is 480 g/mol. The number of benzene rings is 2. The maximum atomic E-state index is 13.1. The maximum Gasteiger partial charge on any atom is 0.332 e. The number of aliphatic hydroxyl groups excluding tert-OH is 1. The number of halogens is 1. The van der Waals surface area contributed by atoms with E-state index in [2.05, 4.69) is 15.5 Å². The molecule has 0 bridgehead atoms. The lowest BCUT2D eigenvalue weighted by atomic mass is 10.2. The molecule has 1 atom stereocenters. The normalized spacial score (nSPS) is 12.4. The van der Waals surface area contributed by atoms with Gasteiger partial charge in [0.15, 0.2) is 11.2 Å². The van der Waals surface area contributed by atoms with Crippen LogP contribution in [0.15, 0.2) is 63.2 Å². The fourth-order valence-electron chi connectivity index (χ4n) is 3.51. The molecule has 4 aromatic rings. The van der Waals surface area contributed by atoms with Crippen LogP contribution in [0.25, 0.3) is 11.2 Å². The summed E-state index contributed by atoms with van der Waals surface area (Å²) in [6.07, 6.45) is 0.453. The van der Waals surface area contributed by atoms with Gasteiger partial charge in [-0.3, -0.25) is 13.9 Å². The Labute approximate surface area is 199 Å². The molecule has 0 saturated heterocycles. The van der Waals surface area contributed by atoms with Crippen molar-refractivity contribution in [1.29, 1.82) is 0 Å². The van der Waals surface area contributed by atoms with Gasteiger partial charge < -0.3 is 14.4 Å². The van der Waals surface area contributed by atoms with Gasteiger partial charge in [0.05, 0.1) is 12.8 Å². The molecule has 0 spiro atoms. The first-order valence-electron chi connectivity index (χ1n) is 10.8. The first-order chi connectivity index (χ1) is 16.7. The number of aliphatic hydroxyl groups is 1. The predicted molar refractivity (Wildman–Crippen MR) is 131 cm³/mol. The Balaban J connectivity index is 1.64. The lowest BCUT2D eigenvalue weighted by Gasteiger charge is -2.15. The fourth-order valence-corrected chi connectivity index (χ4v) is 3.51.